The molecule has 1 aromatic carbocycles. The van der Waals surface area contributed by atoms with Crippen molar-refractivity contribution in [1.29, 1.82) is 0 Å². The standard InChI is InChI=1S/C10H11NO3.Na/c1-14-9-4-2-8(3-5-9)6-11-7-10(12)13;/h2-6H,7H2,1H3,(H,12,13);/q;+1/p-1. The Morgan fingerprint density at radius 1 is 1.47 bits per heavy atom. The van der Waals surface area contributed by atoms with Gasteiger partial charge in [-0.05, 0) is 29.8 Å². The minimum Gasteiger partial charge on any atom is -0.548 e. The first kappa shape index (κ1) is 14.2. The molecule has 0 heterocycles. The number of carbonyl (C=O) groups is 1. The summed E-state index contributed by atoms with van der Waals surface area (Å²) < 4.78 is 4.96. The molecule has 0 saturated carbocycles. The number of ether oxygens (including phenoxy) is 1. The van der Waals surface area contributed by atoms with Gasteiger partial charge in [0.05, 0.1) is 19.6 Å². The number of methoxy groups -OCH3 is 1. The summed E-state index contributed by atoms with van der Waals surface area (Å²) in [6.45, 7) is -0.313. The van der Waals surface area contributed by atoms with Crippen LogP contribution in [0.15, 0.2) is 29.3 Å². The Balaban J connectivity index is 0.00000196. The van der Waals surface area contributed by atoms with Crippen molar-refractivity contribution in [2.24, 2.45) is 4.99 Å². The molecule has 0 amide bonds. The fourth-order valence-electron chi connectivity index (χ4n) is 0.916. The zero-order chi connectivity index (χ0) is 10.4. The molecule has 1 rings (SSSR count). The number of carboxylic acids is 1. The fourth-order valence-corrected chi connectivity index (χ4v) is 0.916. The minimum atomic E-state index is -1.19. The van der Waals surface area contributed by atoms with Gasteiger partial charge in [-0.3, -0.25) is 4.99 Å². The monoisotopic (exact) mass is 215 g/mol. The average Bonchev–Trinajstić information content (AvgIpc) is 2.18. The van der Waals surface area contributed by atoms with Gasteiger partial charge in [0.2, 0.25) is 0 Å². The number of benzene rings is 1. The zero-order valence-corrected chi connectivity index (χ0v) is 10.8. The quantitative estimate of drug-likeness (QED) is 0.394. The van der Waals surface area contributed by atoms with Crippen LogP contribution in [0.3, 0.4) is 0 Å². The first-order chi connectivity index (χ1) is 6.72. The molecule has 0 saturated heterocycles. The van der Waals surface area contributed by atoms with E-state index in [9.17, 15) is 9.90 Å². The summed E-state index contributed by atoms with van der Waals surface area (Å²) in [5.41, 5.74) is 0.826. The molecule has 0 aliphatic carbocycles. The first-order valence-corrected chi connectivity index (χ1v) is 4.06. The summed E-state index contributed by atoms with van der Waals surface area (Å²) >= 11 is 0. The normalized spacial score (nSPS) is 9.67. The molecule has 0 radical (unpaired) electrons. The van der Waals surface area contributed by atoms with Gasteiger partial charge in [0.15, 0.2) is 0 Å². The molecule has 0 bridgehead atoms. The van der Waals surface area contributed by atoms with E-state index in [-0.39, 0.29) is 36.1 Å². The second kappa shape index (κ2) is 7.45. The van der Waals surface area contributed by atoms with Gasteiger partial charge in [-0.25, -0.2) is 0 Å². The number of hydrogen-bond acceptors (Lipinski definition) is 4. The third kappa shape index (κ3) is 5.57. The summed E-state index contributed by atoms with van der Waals surface area (Å²) in [4.78, 5) is 13.7. The molecule has 0 unspecified atom stereocenters. The molecule has 0 N–H and O–H groups in total. The van der Waals surface area contributed by atoms with E-state index in [1.165, 1.54) is 6.21 Å². The van der Waals surface area contributed by atoms with Crippen molar-refractivity contribution in [1.82, 2.24) is 0 Å². The van der Waals surface area contributed by atoms with E-state index < -0.39 is 5.97 Å². The van der Waals surface area contributed by atoms with Gasteiger partial charge < -0.3 is 14.6 Å². The molecular weight excluding hydrogens is 205 g/mol. The maximum Gasteiger partial charge on any atom is 1.00 e. The number of carboxylic acid groups (broad SMARTS) is 1. The maximum atomic E-state index is 10.0. The summed E-state index contributed by atoms with van der Waals surface area (Å²) in [5.74, 6) is -0.434. The van der Waals surface area contributed by atoms with Crippen LogP contribution < -0.4 is 39.4 Å². The van der Waals surface area contributed by atoms with Gasteiger partial charge >= 0.3 is 29.6 Å². The van der Waals surface area contributed by atoms with Gasteiger partial charge in [0.1, 0.15) is 5.75 Å². The van der Waals surface area contributed by atoms with E-state index >= 15 is 0 Å². The van der Waals surface area contributed by atoms with Crippen molar-refractivity contribution < 1.29 is 44.2 Å². The number of carbonyl (C=O) groups excluding carboxylic acids is 1. The van der Waals surface area contributed by atoms with Crippen LogP contribution in [0.4, 0.5) is 0 Å². The van der Waals surface area contributed by atoms with E-state index in [0.717, 1.165) is 11.3 Å². The van der Waals surface area contributed by atoms with Crippen molar-refractivity contribution in [2.75, 3.05) is 13.7 Å². The Morgan fingerprint density at radius 2 is 2.07 bits per heavy atom. The van der Waals surface area contributed by atoms with Crippen LogP contribution in [0.25, 0.3) is 0 Å². The van der Waals surface area contributed by atoms with Crippen molar-refractivity contribution >= 4 is 12.2 Å². The predicted molar refractivity (Wildman–Crippen MR) is 50.5 cm³/mol. The zero-order valence-electron chi connectivity index (χ0n) is 8.77. The van der Waals surface area contributed by atoms with Crippen LogP contribution in [0, 0.1) is 0 Å². The summed E-state index contributed by atoms with van der Waals surface area (Å²) in [7, 11) is 1.58. The SMILES string of the molecule is COc1ccc(C=NCC(=O)[O-])cc1.[Na+]. The van der Waals surface area contributed by atoms with Crippen molar-refractivity contribution in [3.05, 3.63) is 29.8 Å². The third-order valence-electron chi connectivity index (χ3n) is 1.58. The smallest absolute Gasteiger partial charge is 0.548 e. The third-order valence-corrected chi connectivity index (χ3v) is 1.58. The Labute approximate surface area is 110 Å². The van der Waals surface area contributed by atoms with E-state index in [1.807, 2.05) is 0 Å². The second-order valence-corrected chi connectivity index (χ2v) is 2.61. The number of aliphatic imine (C=N–C) groups is 1. The van der Waals surface area contributed by atoms with Crippen molar-refractivity contribution in [3.63, 3.8) is 0 Å². The fraction of sp³-hybridized carbons (Fsp3) is 0.200. The van der Waals surface area contributed by atoms with Gasteiger partial charge in [-0.1, -0.05) is 0 Å². The Hall–Kier alpha value is -0.840. The van der Waals surface area contributed by atoms with Gasteiger partial charge in [-0.15, -0.1) is 0 Å². The molecule has 0 atom stereocenters. The predicted octanol–water partition coefficient (Wildman–Crippen LogP) is -3.13. The molecule has 0 aliphatic heterocycles. The molecule has 74 valence electrons. The molecule has 0 aromatic heterocycles. The largest absolute Gasteiger partial charge is 1.00 e. The number of hydrogen-bond donors (Lipinski definition) is 0. The van der Waals surface area contributed by atoms with Gasteiger partial charge in [0.25, 0.3) is 0 Å². The van der Waals surface area contributed by atoms with Crippen LogP contribution in [0.5, 0.6) is 5.75 Å². The van der Waals surface area contributed by atoms with Gasteiger partial charge in [0, 0.05) is 6.21 Å². The van der Waals surface area contributed by atoms with Crippen molar-refractivity contribution in [3.8, 4) is 5.75 Å². The van der Waals surface area contributed by atoms with Crippen LogP contribution in [-0.4, -0.2) is 25.8 Å². The van der Waals surface area contributed by atoms with E-state index in [1.54, 1.807) is 31.4 Å². The maximum absolute atomic E-state index is 10.0. The molecule has 0 aliphatic rings. The molecule has 0 fully saturated rings. The topological polar surface area (TPSA) is 61.7 Å². The molecule has 0 spiro atoms. The Kier molecular flexibility index (Phi) is 7.03. The number of nitrogens with zero attached hydrogens (tertiary/aromatic N) is 1. The van der Waals surface area contributed by atoms with Crippen LogP contribution in [-0.2, 0) is 4.79 Å². The molecule has 5 heteroatoms. The van der Waals surface area contributed by atoms with Crippen LogP contribution in [0.1, 0.15) is 5.56 Å². The van der Waals surface area contributed by atoms with E-state index in [2.05, 4.69) is 4.99 Å². The number of rotatable bonds is 4. The van der Waals surface area contributed by atoms with Crippen LogP contribution in [0.2, 0.25) is 0 Å². The summed E-state index contributed by atoms with van der Waals surface area (Å²) in [6.07, 6.45) is 1.48. The second-order valence-electron chi connectivity index (χ2n) is 2.61. The summed E-state index contributed by atoms with van der Waals surface area (Å²) in [5, 5.41) is 10.0. The van der Waals surface area contributed by atoms with Crippen LogP contribution >= 0.6 is 0 Å². The van der Waals surface area contributed by atoms with Crippen molar-refractivity contribution in [2.45, 2.75) is 0 Å². The summed E-state index contributed by atoms with van der Waals surface area (Å²) in [6, 6.07) is 7.13. The van der Waals surface area contributed by atoms with Gasteiger partial charge in [-0.2, -0.15) is 0 Å². The average molecular weight is 215 g/mol. The molecule has 1 aromatic rings. The van der Waals surface area contributed by atoms with E-state index in [4.69, 9.17) is 4.74 Å². The first-order valence-electron chi connectivity index (χ1n) is 4.06. The number of aliphatic carboxylic acids is 1. The minimum absolute atomic E-state index is 0. The molecular formula is C10H10NNaO3. The Morgan fingerprint density at radius 3 is 2.53 bits per heavy atom. The molecule has 15 heavy (non-hydrogen) atoms. The molecule has 4 nitrogen and oxygen atoms in total. The Bertz CT molecular complexity index is 335. The van der Waals surface area contributed by atoms with E-state index in [0.29, 0.717) is 0 Å².